The predicted molar refractivity (Wildman–Crippen MR) is 108 cm³/mol. The third-order valence-electron chi connectivity index (χ3n) is 5.56. The zero-order valence-corrected chi connectivity index (χ0v) is 16.3. The number of aliphatic hydroxyl groups excluding tert-OH is 1. The van der Waals surface area contributed by atoms with E-state index in [0.717, 1.165) is 23.3 Å². The Bertz CT molecular complexity index is 984. The van der Waals surface area contributed by atoms with Gasteiger partial charge in [0.1, 0.15) is 11.5 Å². The van der Waals surface area contributed by atoms with E-state index in [1.165, 1.54) is 18.2 Å². The molecule has 1 unspecified atom stereocenters. The molecule has 4 rings (SSSR count). The maximum Gasteiger partial charge on any atom is 0.282 e. The van der Waals surface area contributed by atoms with Crippen molar-refractivity contribution >= 4 is 23.1 Å². The number of rotatable bonds is 4. The standard InChI is InChI=1S/C23H23FN2O3/c1-15-7-9-17(10-8-15)20-21(25-11-3-4-16(13-25)14-27)23(29)26(22(20)28)19-6-2-5-18(24)12-19/h2,5-10,12,16,27H,3-4,11,13-14H2,1H3. The van der Waals surface area contributed by atoms with Crippen molar-refractivity contribution in [3.05, 3.63) is 71.2 Å². The number of benzene rings is 2. The second-order valence-electron chi connectivity index (χ2n) is 7.65. The van der Waals surface area contributed by atoms with Crippen LogP contribution in [0, 0.1) is 18.7 Å². The molecule has 2 aromatic carbocycles. The van der Waals surface area contributed by atoms with Gasteiger partial charge < -0.3 is 10.0 Å². The quantitative estimate of drug-likeness (QED) is 0.810. The number of amides is 2. The molecule has 2 heterocycles. The molecule has 0 saturated carbocycles. The Labute approximate surface area is 169 Å². The maximum absolute atomic E-state index is 13.8. The summed E-state index contributed by atoms with van der Waals surface area (Å²) in [6, 6.07) is 13.0. The van der Waals surface area contributed by atoms with Crippen LogP contribution in [-0.4, -0.2) is 41.5 Å². The Hall–Kier alpha value is -2.99. The lowest BCUT2D eigenvalue weighted by molar-refractivity contribution is -0.120. The minimum Gasteiger partial charge on any atom is -0.396 e. The monoisotopic (exact) mass is 394 g/mol. The number of hydrogen-bond acceptors (Lipinski definition) is 4. The minimum atomic E-state index is -0.508. The van der Waals surface area contributed by atoms with E-state index in [1.807, 2.05) is 36.1 Å². The Morgan fingerprint density at radius 1 is 1.10 bits per heavy atom. The fourth-order valence-corrected chi connectivity index (χ4v) is 4.06. The highest BCUT2D eigenvalue weighted by molar-refractivity contribution is 6.45. The molecule has 0 radical (unpaired) electrons. The zero-order chi connectivity index (χ0) is 20.5. The van der Waals surface area contributed by atoms with Gasteiger partial charge in [-0.05, 0) is 49.4 Å². The highest BCUT2D eigenvalue weighted by Crippen LogP contribution is 2.36. The van der Waals surface area contributed by atoms with Crippen LogP contribution in [0.3, 0.4) is 0 Å². The number of aliphatic hydroxyl groups is 1. The average Bonchev–Trinajstić information content (AvgIpc) is 2.99. The van der Waals surface area contributed by atoms with Gasteiger partial charge >= 0.3 is 0 Å². The molecule has 1 N–H and O–H groups in total. The zero-order valence-electron chi connectivity index (χ0n) is 16.3. The van der Waals surface area contributed by atoms with Gasteiger partial charge in [0, 0.05) is 19.7 Å². The van der Waals surface area contributed by atoms with Crippen LogP contribution in [0.1, 0.15) is 24.0 Å². The molecule has 0 spiro atoms. The van der Waals surface area contributed by atoms with Crippen molar-refractivity contribution in [2.45, 2.75) is 19.8 Å². The van der Waals surface area contributed by atoms with Crippen LogP contribution < -0.4 is 4.90 Å². The van der Waals surface area contributed by atoms with E-state index in [1.54, 1.807) is 6.07 Å². The predicted octanol–water partition coefficient (Wildman–Crippen LogP) is 3.12. The molecule has 29 heavy (non-hydrogen) atoms. The van der Waals surface area contributed by atoms with Crippen LogP contribution in [0.25, 0.3) is 5.57 Å². The summed E-state index contributed by atoms with van der Waals surface area (Å²) < 4.78 is 13.8. The molecule has 0 aromatic heterocycles. The smallest absolute Gasteiger partial charge is 0.282 e. The second-order valence-corrected chi connectivity index (χ2v) is 7.65. The summed E-state index contributed by atoms with van der Waals surface area (Å²) in [5.74, 6) is -1.35. The van der Waals surface area contributed by atoms with Gasteiger partial charge in [-0.15, -0.1) is 0 Å². The van der Waals surface area contributed by atoms with Crippen molar-refractivity contribution in [2.24, 2.45) is 5.92 Å². The van der Waals surface area contributed by atoms with Crippen LogP contribution in [-0.2, 0) is 9.59 Å². The van der Waals surface area contributed by atoms with Gasteiger partial charge in [-0.25, -0.2) is 9.29 Å². The van der Waals surface area contributed by atoms with Crippen LogP contribution >= 0.6 is 0 Å². The molecular weight excluding hydrogens is 371 g/mol. The van der Waals surface area contributed by atoms with Gasteiger partial charge in [0.25, 0.3) is 11.8 Å². The number of nitrogens with zero attached hydrogens (tertiary/aromatic N) is 2. The first kappa shape index (κ1) is 19.3. The van der Waals surface area contributed by atoms with Crippen LogP contribution in [0.4, 0.5) is 10.1 Å². The van der Waals surface area contributed by atoms with Crippen LogP contribution in [0.15, 0.2) is 54.2 Å². The lowest BCUT2D eigenvalue weighted by Gasteiger charge is -2.34. The molecule has 6 heteroatoms. The van der Waals surface area contributed by atoms with Crippen molar-refractivity contribution in [2.75, 3.05) is 24.6 Å². The topological polar surface area (TPSA) is 60.9 Å². The van der Waals surface area contributed by atoms with Crippen molar-refractivity contribution < 1.29 is 19.1 Å². The molecule has 150 valence electrons. The van der Waals surface area contributed by atoms with E-state index in [2.05, 4.69) is 0 Å². The number of halogens is 1. The van der Waals surface area contributed by atoms with Crippen molar-refractivity contribution in [1.82, 2.24) is 4.90 Å². The molecule has 1 atom stereocenters. The number of anilines is 1. The van der Waals surface area contributed by atoms with Gasteiger partial charge in [-0.2, -0.15) is 0 Å². The molecule has 0 aliphatic carbocycles. The molecule has 1 fully saturated rings. The lowest BCUT2D eigenvalue weighted by Crippen LogP contribution is -2.40. The van der Waals surface area contributed by atoms with Gasteiger partial charge in [0.15, 0.2) is 0 Å². The first-order valence-electron chi connectivity index (χ1n) is 9.81. The molecular formula is C23H23FN2O3. The van der Waals surface area contributed by atoms with Crippen molar-refractivity contribution in [3.63, 3.8) is 0 Å². The van der Waals surface area contributed by atoms with Gasteiger partial charge in [0.05, 0.1) is 11.3 Å². The van der Waals surface area contributed by atoms with E-state index < -0.39 is 17.6 Å². The summed E-state index contributed by atoms with van der Waals surface area (Å²) in [7, 11) is 0. The number of carbonyl (C=O) groups excluding carboxylic acids is 2. The molecule has 2 amide bonds. The third-order valence-corrected chi connectivity index (χ3v) is 5.56. The summed E-state index contributed by atoms with van der Waals surface area (Å²) in [6.07, 6.45) is 1.72. The molecule has 1 saturated heterocycles. The highest BCUT2D eigenvalue weighted by Gasteiger charge is 2.43. The number of piperidine rings is 1. The average molecular weight is 394 g/mol. The minimum absolute atomic E-state index is 0.0411. The summed E-state index contributed by atoms with van der Waals surface area (Å²) in [4.78, 5) is 29.7. The second kappa shape index (κ2) is 7.79. The first-order chi connectivity index (χ1) is 14.0. The lowest BCUT2D eigenvalue weighted by atomic mass is 9.96. The van der Waals surface area contributed by atoms with E-state index in [9.17, 15) is 19.1 Å². The Morgan fingerprint density at radius 3 is 2.55 bits per heavy atom. The van der Waals surface area contributed by atoms with Gasteiger partial charge in [-0.1, -0.05) is 35.9 Å². The molecule has 5 nitrogen and oxygen atoms in total. The van der Waals surface area contributed by atoms with Crippen LogP contribution in [0.2, 0.25) is 0 Å². The maximum atomic E-state index is 13.8. The van der Waals surface area contributed by atoms with Gasteiger partial charge in [0.2, 0.25) is 0 Å². The summed E-state index contributed by atoms with van der Waals surface area (Å²) in [6.45, 7) is 3.14. The molecule has 0 bridgehead atoms. The number of hydrogen-bond donors (Lipinski definition) is 1. The van der Waals surface area contributed by atoms with E-state index in [4.69, 9.17) is 0 Å². The number of likely N-dealkylation sites (tertiary alicyclic amines) is 1. The van der Waals surface area contributed by atoms with Gasteiger partial charge in [-0.3, -0.25) is 9.59 Å². The van der Waals surface area contributed by atoms with Crippen molar-refractivity contribution in [3.8, 4) is 0 Å². The first-order valence-corrected chi connectivity index (χ1v) is 9.81. The SMILES string of the molecule is Cc1ccc(C2=C(N3CCCC(CO)C3)C(=O)N(c3cccc(F)c3)C2=O)cc1. The largest absolute Gasteiger partial charge is 0.396 e. The molecule has 2 aliphatic heterocycles. The van der Waals surface area contributed by atoms with E-state index in [0.29, 0.717) is 29.9 Å². The number of imide groups is 1. The Kier molecular flexibility index (Phi) is 5.20. The van der Waals surface area contributed by atoms with E-state index >= 15 is 0 Å². The normalized spacial score (nSPS) is 20.0. The summed E-state index contributed by atoms with van der Waals surface area (Å²) >= 11 is 0. The number of aryl methyl sites for hydroxylation is 1. The fourth-order valence-electron chi connectivity index (χ4n) is 4.06. The fraction of sp³-hybridized carbons (Fsp3) is 0.304. The molecule has 2 aromatic rings. The van der Waals surface area contributed by atoms with E-state index in [-0.39, 0.29) is 18.2 Å². The Morgan fingerprint density at radius 2 is 1.86 bits per heavy atom. The summed E-state index contributed by atoms with van der Waals surface area (Å²) in [5.41, 5.74) is 2.59. The number of carbonyl (C=O) groups is 2. The van der Waals surface area contributed by atoms with Crippen molar-refractivity contribution in [1.29, 1.82) is 0 Å². The third kappa shape index (κ3) is 3.56. The highest BCUT2D eigenvalue weighted by atomic mass is 19.1. The van der Waals surface area contributed by atoms with Crippen LogP contribution in [0.5, 0.6) is 0 Å². The molecule has 2 aliphatic rings. The Balaban J connectivity index is 1.82. The summed E-state index contributed by atoms with van der Waals surface area (Å²) in [5, 5.41) is 9.60.